The van der Waals surface area contributed by atoms with Crippen molar-refractivity contribution in [2.24, 2.45) is 0 Å². The molecule has 0 heterocycles. The van der Waals surface area contributed by atoms with Crippen LogP contribution in [0.5, 0.6) is 0 Å². The molecule has 3 N–H and O–H groups in total. The average molecular weight is 367 g/mol. The first-order chi connectivity index (χ1) is 11.3. The third-order valence-electron chi connectivity index (χ3n) is 3.29. The smallest absolute Gasteiger partial charge is 0.341 e. The van der Waals surface area contributed by atoms with Crippen LogP contribution in [-0.4, -0.2) is 18.0 Å². The van der Waals surface area contributed by atoms with Crippen LogP contribution in [0, 0.1) is 6.92 Å². The van der Waals surface area contributed by atoms with Crippen LogP contribution in [0.4, 0.5) is 11.4 Å². The number of halogens is 2. The van der Waals surface area contributed by atoms with Crippen LogP contribution in [0.3, 0.4) is 0 Å². The Hall–Kier alpha value is -2.24. The molecule has 126 valence electrons. The Labute approximate surface area is 149 Å². The number of carbonyl (C=O) groups excluding carboxylic acids is 2. The van der Waals surface area contributed by atoms with Crippen molar-refractivity contribution in [3.8, 4) is 0 Å². The van der Waals surface area contributed by atoms with Gasteiger partial charge < -0.3 is 15.8 Å². The summed E-state index contributed by atoms with van der Waals surface area (Å²) in [5.41, 5.74) is 7.50. The van der Waals surface area contributed by atoms with Gasteiger partial charge in [0.05, 0.1) is 16.3 Å². The summed E-state index contributed by atoms with van der Waals surface area (Å²) in [6, 6.07) is 10.0. The van der Waals surface area contributed by atoms with Gasteiger partial charge in [0.1, 0.15) is 0 Å². The van der Waals surface area contributed by atoms with E-state index < -0.39 is 18.0 Å². The number of carbonyl (C=O) groups is 2. The van der Waals surface area contributed by atoms with Crippen LogP contribution in [-0.2, 0) is 9.53 Å². The minimum Gasteiger partial charge on any atom is -0.449 e. The van der Waals surface area contributed by atoms with E-state index in [4.69, 9.17) is 33.7 Å². The number of rotatable bonds is 4. The van der Waals surface area contributed by atoms with Gasteiger partial charge >= 0.3 is 5.97 Å². The Morgan fingerprint density at radius 2 is 1.79 bits per heavy atom. The number of esters is 1. The van der Waals surface area contributed by atoms with Gasteiger partial charge in [-0.15, -0.1) is 0 Å². The Morgan fingerprint density at radius 3 is 2.42 bits per heavy atom. The molecule has 2 rings (SSSR count). The fraction of sp³-hybridized carbons (Fsp3) is 0.176. The lowest BCUT2D eigenvalue weighted by Gasteiger charge is -2.15. The van der Waals surface area contributed by atoms with Gasteiger partial charge in [-0.05, 0) is 38.1 Å². The van der Waals surface area contributed by atoms with E-state index in [9.17, 15) is 9.59 Å². The van der Waals surface area contributed by atoms with E-state index in [0.717, 1.165) is 5.56 Å². The van der Waals surface area contributed by atoms with Crippen LogP contribution in [0.1, 0.15) is 22.8 Å². The fourth-order valence-corrected chi connectivity index (χ4v) is 2.41. The van der Waals surface area contributed by atoms with Gasteiger partial charge in [0.2, 0.25) is 0 Å². The highest BCUT2D eigenvalue weighted by Crippen LogP contribution is 2.28. The largest absolute Gasteiger partial charge is 0.449 e. The normalized spacial score (nSPS) is 11.7. The van der Waals surface area contributed by atoms with Gasteiger partial charge in [0.15, 0.2) is 6.10 Å². The van der Waals surface area contributed by atoms with Crippen LogP contribution in [0.15, 0.2) is 36.4 Å². The lowest BCUT2D eigenvalue weighted by Crippen LogP contribution is -2.30. The first-order valence-electron chi connectivity index (χ1n) is 7.11. The molecule has 1 atom stereocenters. The Balaban J connectivity index is 2.06. The number of amides is 1. The summed E-state index contributed by atoms with van der Waals surface area (Å²) in [4.78, 5) is 24.3. The number of nitrogens with two attached hydrogens (primary N) is 1. The molecule has 0 fully saturated rings. The van der Waals surface area contributed by atoms with E-state index in [-0.39, 0.29) is 21.3 Å². The summed E-state index contributed by atoms with van der Waals surface area (Å²) in [6.45, 7) is 3.40. The second-order valence-electron chi connectivity index (χ2n) is 5.25. The number of ether oxygens (including phenoxy) is 1. The molecule has 1 amide bonds. The molecule has 0 bridgehead atoms. The lowest BCUT2D eigenvalue weighted by atomic mass is 10.2. The highest BCUT2D eigenvalue weighted by Gasteiger charge is 2.22. The van der Waals surface area contributed by atoms with Crippen molar-refractivity contribution in [2.45, 2.75) is 20.0 Å². The minimum absolute atomic E-state index is 0.0162. The van der Waals surface area contributed by atoms with Gasteiger partial charge in [-0.25, -0.2) is 4.79 Å². The van der Waals surface area contributed by atoms with Crippen molar-refractivity contribution in [1.29, 1.82) is 0 Å². The van der Waals surface area contributed by atoms with E-state index in [2.05, 4.69) is 5.32 Å². The number of benzene rings is 2. The molecular formula is C17H16Cl2N2O3. The molecule has 0 radical (unpaired) electrons. The number of nitrogen functional groups attached to an aromatic ring is 1. The lowest BCUT2D eigenvalue weighted by molar-refractivity contribution is -0.123. The number of hydrogen-bond acceptors (Lipinski definition) is 4. The zero-order valence-corrected chi connectivity index (χ0v) is 14.6. The van der Waals surface area contributed by atoms with E-state index in [0.29, 0.717) is 5.69 Å². The molecule has 2 aromatic carbocycles. The Morgan fingerprint density at radius 1 is 1.17 bits per heavy atom. The zero-order chi connectivity index (χ0) is 17.9. The summed E-state index contributed by atoms with van der Waals surface area (Å²) in [5.74, 6) is -1.23. The molecule has 0 aliphatic heterocycles. The van der Waals surface area contributed by atoms with Crippen molar-refractivity contribution in [2.75, 3.05) is 11.1 Å². The number of aryl methyl sites for hydroxylation is 1. The van der Waals surface area contributed by atoms with Crippen molar-refractivity contribution in [1.82, 2.24) is 0 Å². The van der Waals surface area contributed by atoms with E-state index in [1.54, 1.807) is 12.1 Å². The summed E-state index contributed by atoms with van der Waals surface area (Å²) in [5, 5.41) is 3.06. The van der Waals surface area contributed by atoms with E-state index in [1.807, 2.05) is 19.1 Å². The fourth-order valence-electron chi connectivity index (χ4n) is 1.91. The summed E-state index contributed by atoms with van der Waals surface area (Å²) >= 11 is 11.7. The van der Waals surface area contributed by atoms with Gasteiger partial charge in [-0.1, -0.05) is 40.9 Å². The highest BCUT2D eigenvalue weighted by atomic mass is 35.5. The summed E-state index contributed by atoms with van der Waals surface area (Å²) in [6.07, 6.45) is -1.02. The van der Waals surface area contributed by atoms with Gasteiger partial charge in [-0.3, -0.25) is 4.79 Å². The van der Waals surface area contributed by atoms with Crippen LogP contribution in [0.2, 0.25) is 10.0 Å². The molecular weight excluding hydrogens is 351 g/mol. The number of nitrogens with one attached hydrogen (secondary N) is 1. The zero-order valence-electron chi connectivity index (χ0n) is 13.1. The SMILES string of the molecule is Cc1ccc(NC(=O)C(C)OC(=O)c2cc(Cl)cc(Cl)c2N)cc1. The van der Waals surface area contributed by atoms with E-state index >= 15 is 0 Å². The number of anilines is 2. The molecule has 0 aliphatic rings. The highest BCUT2D eigenvalue weighted by molar-refractivity contribution is 6.37. The standard InChI is InChI=1S/C17H16Cl2N2O3/c1-9-3-5-12(6-4-9)21-16(22)10(2)24-17(23)13-7-11(18)8-14(19)15(13)20/h3-8,10H,20H2,1-2H3,(H,21,22). The topological polar surface area (TPSA) is 81.4 Å². The Kier molecular flexibility index (Phi) is 5.70. The first kappa shape index (κ1) is 18.1. The second kappa shape index (κ2) is 7.55. The molecule has 24 heavy (non-hydrogen) atoms. The van der Waals surface area contributed by atoms with Crippen LogP contribution < -0.4 is 11.1 Å². The van der Waals surface area contributed by atoms with Gasteiger partial charge in [-0.2, -0.15) is 0 Å². The molecule has 2 aromatic rings. The van der Waals surface area contributed by atoms with Gasteiger partial charge in [0, 0.05) is 10.7 Å². The maximum absolute atomic E-state index is 12.2. The predicted octanol–water partition coefficient (Wildman–Crippen LogP) is 4.07. The maximum Gasteiger partial charge on any atom is 0.341 e. The molecule has 7 heteroatoms. The monoisotopic (exact) mass is 366 g/mol. The Bertz CT molecular complexity index is 776. The third kappa shape index (κ3) is 4.40. The first-order valence-corrected chi connectivity index (χ1v) is 7.86. The average Bonchev–Trinajstić information content (AvgIpc) is 2.52. The van der Waals surface area contributed by atoms with Crippen molar-refractivity contribution < 1.29 is 14.3 Å². The summed E-state index contributed by atoms with van der Waals surface area (Å²) < 4.78 is 5.14. The third-order valence-corrected chi connectivity index (χ3v) is 3.82. The van der Waals surface area contributed by atoms with Crippen molar-refractivity contribution >= 4 is 46.5 Å². The van der Waals surface area contributed by atoms with Gasteiger partial charge in [0.25, 0.3) is 5.91 Å². The number of hydrogen-bond donors (Lipinski definition) is 2. The molecule has 0 saturated carbocycles. The molecule has 0 spiro atoms. The van der Waals surface area contributed by atoms with Crippen molar-refractivity contribution in [3.05, 3.63) is 57.6 Å². The molecule has 0 saturated heterocycles. The second-order valence-corrected chi connectivity index (χ2v) is 6.10. The predicted molar refractivity (Wildman–Crippen MR) is 95.6 cm³/mol. The van der Waals surface area contributed by atoms with Crippen molar-refractivity contribution in [3.63, 3.8) is 0 Å². The minimum atomic E-state index is -1.02. The van der Waals surface area contributed by atoms with E-state index in [1.165, 1.54) is 19.1 Å². The quantitative estimate of drug-likeness (QED) is 0.631. The van der Waals surface area contributed by atoms with Crippen LogP contribution in [0.25, 0.3) is 0 Å². The molecule has 1 unspecified atom stereocenters. The summed E-state index contributed by atoms with van der Waals surface area (Å²) in [7, 11) is 0. The molecule has 0 aliphatic carbocycles. The molecule has 0 aromatic heterocycles. The van der Waals surface area contributed by atoms with Crippen LogP contribution >= 0.6 is 23.2 Å². The maximum atomic E-state index is 12.2. The molecule has 5 nitrogen and oxygen atoms in total.